The predicted molar refractivity (Wildman–Crippen MR) is 70.2 cm³/mol. The van der Waals surface area contributed by atoms with Crippen LogP contribution in [0.1, 0.15) is 25.3 Å². The van der Waals surface area contributed by atoms with Crippen molar-refractivity contribution in [3.63, 3.8) is 0 Å². The van der Waals surface area contributed by atoms with Crippen LogP contribution in [-0.2, 0) is 4.79 Å². The van der Waals surface area contributed by atoms with E-state index < -0.39 is 0 Å². The van der Waals surface area contributed by atoms with Gasteiger partial charge < -0.3 is 10.2 Å². The molecular formula is C14H17N3O. The van der Waals surface area contributed by atoms with Gasteiger partial charge in [-0.2, -0.15) is 5.26 Å². The van der Waals surface area contributed by atoms with Gasteiger partial charge in [-0.15, -0.1) is 0 Å². The third-order valence-electron chi connectivity index (χ3n) is 3.18. The second-order valence-electron chi connectivity index (χ2n) is 4.53. The Morgan fingerprint density at radius 2 is 2.28 bits per heavy atom. The normalized spacial score (nSPS) is 21.0. The zero-order valence-corrected chi connectivity index (χ0v) is 10.5. The van der Waals surface area contributed by atoms with E-state index in [1.165, 1.54) is 0 Å². The molecule has 1 heterocycles. The minimum Gasteiger partial charge on any atom is -0.311 e. The molecule has 1 N–H and O–H groups in total. The topological polar surface area (TPSA) is 56.1 Å². The number of anilines is 1. The fourth-order valence-electron chi connectivity index (χ4n) is 2.14. The summed E-state index contributed by atoms with van der Waals surface area (Å²) < 4.78 is 0. The molecule has 1 aromatic rings. The first-order chi connectivity index (χ1) is 8.72. The minimum absolute atomic E-state index is 0.0739. The van der Waals surface area contributed by atoms with E-state index in [-0.39, 0.29) is 11.9 Å². The van der Waals surface area contributed by atoms with Crippen molar-refractivity contribution in [3.8, 4) is 6.07 Å². The Labute approximate surface area is 107 Å². The van der Waals surface area contributed by atoms with Crippen LogP contribution in [0.15, 0.2) is 24.3 Å². The van der Waals surface area contributed by atoms with Crippen LogP contribution in [0.3, 0.4) is 0 Å². The second kappa shape index (κ2) is 5.65. The molecule has 0 aliphatic carbocycles. The van der Waals surface area contributed by atoms with Crippen molar-refractivity contribution < 1.29 is 4.79 Å². The van der Waals surface area contributed by atoms with Crippen LogP contribution in [0, 0.1) is 11.3 Å². The Balaban J connectivity index is 2.27. The van der Waals surface area contributed by atoms with E-state index in [1.54, 1.807) is 17.0 Å². The van der Waals surface area contributed by atoms with Crippen LogP contribution in [0.4, 0.5) is 5.69 Å². The highest BCUT2D eigenvalue weighted by Gasteiger charge is 2.23. The summed E-state index contributed by atoms with van der Waals surface area (Å²) in [6.45, 7) is 3.49. The summed E-state index contributed by atoms with van der Waals surface area (Å²) in [5.41, 5.74) is 1.40. The van der Waals surface area contributed by atoms with Gasteiger partial charge in [0.1, 0.15) is 0 Å². The van der Waals surface area contributed by atoms with E-state index in [1.807, 2.05) is 19.1 Å². The van der Waals surface area contributed by atoms with Gasteiger partial charge in [0, 0.05) is 12.2 Å². The van der Waals surface area contributed by atoms with Gasteiger partial charge in [-0.25, -0.2) is 0 Å². The fraction of sp³-hybridized carbons (Fsp3) is 0.429. The molecule has 1 unspecified atom stereocenters. The maximum Gasteiger partial charge on any atom is 0.243 e. The van der Waals surface area contributed by atoms with Gasteiger partial charge in [-0.1, -0.05) is 6.07 Å². The van der Waals surface area contributed by atoms with Gasteiger partial charge in [-0.05, 0) is 44.5 Å². The summed E-state index contributed by atoms with van der Waals surface area (Å²) in [6.07, 6.45) is 2.04. The Bertz CT molecular complexity index is 478. The monoisotopic (exact) mass is 243 g/mol. The average molecular weight is 243 g/mol. The molecule has 4 heteroatoms. The smallest absolute Gasteiger partial charge is 0.243 e. The van der Waals surface area contributed by atoms with Crippen molar-refractivity contribution >= 4 is 11.6 Å². The number of hydrogen-bond acceptors (Lipinski definition) is 3. The lowest BCUT2D eigenvalue weighted by Gasteiger charge is -2.29. The molecule has 1 atom stereocenters. The number of rotatable bonds is 1. The van der Waals surface area contributed by atoms with Gasteiger partial charge >= 0.3 is 0 Å². The molecule has 0 spiro atoms. The highest BCUT2D eigenvalue weighted by atomic mass is 16.2. The number of benzene rings is 1. The molecule has 18 heavy (non-hydrogen) atoms. The molecule has 0 saturated carbocycles. The summed E-state index contributed by atoms with van der Waals surface area (Å²) in [5.74, 6) is 0.0739. The van der Waals surface area contributed by atoms with Gasteiger partial charge in [0.2, 0.25) is 5.91 Å². The molecule has 1 aliphatic rings. The quantitative estimate of drug-likeness (QED) is 0.816. The highest BCUT2D eigenvalue weighted by Crippen LogP contribution is 2.18. The van der Waals surface area contributed by atoms with Crippen molar-refractivity contribution in [1.29, 1.82) is 5.26 Å². The Hall–Kier alpha value is -1.86. The summed E-state index contributed by atoms with van der Waals surface area (Å²) in [6, 6.07) is 9.16. The summed E-state index contributed by atoms with van der Waals surface area (Å²) in [4.78, 5) is 14.1. The third kappa shape index (κ3) is 2.69. The van der Waals surface area contributed by atoms with E-state index >= 15 is 0 Å². The number of nitrogens with one attached hydrogen (secondary N) is 1. The summed E-state index contributed by atoms with van der Waals surface area (Å²) >= 11 is 0. The third-order valence-corrected chi connectivity index (χ3v) is 3.18. The summed E-state index contributed by atoms with van der Waals surface area (Å²) in [5, 5.41) is 12.1. The number of carbonyl (C=O) groups is 1. The molecule has 1 saturated heterocycles. The molecule has 0 bridgehead atoms. The lowest BCUT2D eigenvalue weighted by Crippen LogP contribution is -2.47. The molecule has 4 nitrogen and oxygen atoms in total. The average Bonchev–Trinajstić information content (AvgIpc) is 2.40. The first kappa shape index (κ1) is 12.6. The van der Waals surface area contributed by atoms with E-state index in [0.29, 0.717) is 5.56 Å². The summed E-state index contributed by atoms with van der Waals surface area (Å²) in [7, 11) is 0. The standard InChI is InChI=1S/C14H17N3O/c1-11-14(18)17(8-3-2-7-16-11)13-6-4-5-12(9-13)10-15/h4-6,9,11,16H,2-3,7-8H2,1H3. The van der Waals surface area contributed by atoms with Crippen molar-refractivity contribution in [3.05, 3.63) is 29.8 Å². The lowest BCUT2D eigenvalue weighted by atomic mass is 10.1. The molecule has 1 aromatic carbocycles. The van der Waals surface area contributed by atoms with E-state index in [2.05, 4.69) is 11.4 Å². The van der Waals surface area contributed by atoms with Crippen molar-refractivity contribution in [2.45, 2.75) is 25.8 Å². The Morgan fingerprint density at radius 1 is 1.44 bits per heavy atom. The van der Waals surface area contributed by atoms with Crippen LogP contribution in [0.2, 0.25) is 0 Å². The van der Waals surface area contributed by atoms with Gasteiger partial charge in [-0.3, -0.25) is 4.79 Å². The van der Waals surface area contributed by atoms with Crippen LogP contribution in [-0.4, -0.2) is 25.0 Å². The minimum atomic E-state index is -0.170. The first-order valence-electron chi connectivity index (χ1n) is 6.27. The van der Waals surface area contributed by atoms with Gasteiger partial charge in [0.05, 0.1) is 17.7 Å². The predicted octanol–water partition coefficient (Wildman–Crippen LogP) is 1.66. The molecule has 2 rings (SSSR count). The number of carbonyl (C=O) groups excluding carboxylic acids is 1. The molecule has 94 valence electrons. The van der Waals surface area contributed by atoms with Crippen LogP contribution < -0.4 is 10.2 Å². The molecule has 0 radical (unpaired) electrons. The lowest BCUT2D eigenvalue weighted by molar-refractivity contribution is -0.120. The van der Waals surface area contributed by atoms with E-state index in [4.69, 9.17) is 5.26 Å². The molecule has 1 amide bonds. The van der Waals surface area contributed by atoms with Crippen LogP contribution in [0.25, 0.3) is 0 Å². The highest BCUT2D eigenvalue weighted by molar-refractivity contribution is 5.97. The fourth-order valence-corrected chi connectivity index (χ4v) is 2.14. The molecular weight excluding hydrogens is 226 g/mol. The van der Waals surface area contributed by atoms with Crippen molar-refractivity contribution in [1.82, 2.24) is 5.32 Å². The molecule has 1 aliphatic heterocycles. The number of hydrogen-bond donors (Lipinski definition) is 1. The molecule has 1 fully saturated rings. The number of nitriles is 1. The zero-order chi connectivity index (χ0) is 13.0. The zero-order valence-electron chi connectivity index (χ0n) is 10.5. The largest absolute Gasteiger partial charge is 0.311 e. The second-order valence-corrected chi connectivity index (χ2v) is 4.53. The van der Waals surface area contributed by atoms with E-state index in [9.17, 15) is 4.79 Å². The number of nitrogens with zero attached hydrogens (tertiary/aromatic N) is 2. The van der Waals surface area contributed by atoms with Gasteiger partial charge in [0.25, 0.3) is 0 Å². The Morgan fingerprint density at radius 3 is 3.06 bits per heavy atom. The van der Waals surface area contributed by atoms with Crippen molar-refractivity contribution in [2.75, 3.05) is 18.0 Å². The van der Waals surface area contributed by atoms with Crippen LogP contribution >= 0.6 is 0 Å². The van der Waals surface area contributed by atoms with Gasteiger partial charge in [0.15, 0.2) is 0 Å². The maximum atomic E-state index is 12.3. The van der Waals surface area contributed by atoms with Crippen molar-refractivity contribution in [2.24, 2.45) is 0 Å². The molecule has 0 aromatic heterocycles. The SMILES string of the molecule is CC1NCCCCN(c2cccc(C#N)c2)C1=O. The van der Waals surface area contributed by atoms with E-state index in [0.717, 1.165) is 31.6 Å². The Kier molecular flexibility index (Phi) is 3.96. The maximum absolute atomic E-state index is 12.3. The van der Waals surface area contributed by atoms with Crippen LogP contribution in [0.5, 0.6) is 0 Å². The number of amides is 1. The first-order valence-corrected chi connectivity index (χ1v) is 6.27.